The molecule has 0 unspecified atom stereocenters. The van der Waals surface area contributed by atoms with Crippen molar-refractivity contribution in [3.63, 3.8) is 0 Å². The van der Waals surface area contributed by atoms with Gasteiger partial charge in [0, 0.05) is 39.1 Å². The Balaban J connectivity index is 1.87. The molecule has 1 saturated heterocycles. The molecular weight excluding hydrogens is 342 g/mol. The quantitative estimate of drug-likeness (QED) is 0.770. The summed E-state index contributed by atoms with van der Waals surface area (Å²) in [6.45, 7) is 8.07. The lowest BCUT2D eigenvalue weighted by Gasteiger charge is -2.34. The number of carbonyl (C=O) groups is 1. The van der Waals surface area contributed by atoms with Crippen LogP contribution in [0.1, 0.15) is 18.9 Å². The van der Waals surface area contributed by atoms with E-state index in [9.17, 15) is 13.2 Å². The molecule has 2 rings (SSSR count). The van der Waals surface area contributed by atoms with Crippen LogP contribution in [-0.4, -0.2) is 70.5 Å². The van der Waals surface area contributed by atoms with Crippen molar-refractivity contribution in [2.24, 2.45) is 0 Å². The Morgan fingerprint density at radius 1 is 1.24 bits per heavy atom. The maximum absolute atomic E-state index is 12.4. The number of aryl methyl sites for hydroxylation is 1. The van der Waals surface area contributed by atoms with Crippen LogP contribution in [0, 0.1) is 6.92 Å². The summed E-state index contributed by atoms with van der Waals surface area (Å²) in [5, 5.41) is 0. The minimum atomic E-state index is -3.64. The molecule has 0 atom stereocenters. The van der Waals surface area contributed by atoms with E-state index in [4.69, 9.17) is 4.74 Å². The minimum Gasteiger partial charge on any atom is -0.497 e. The number of piperazine rings is 1. The highest BCUT2D eigenvalue weighted by atomic mass is 32.2. The summed E-state index contributed by atoms with van der Waals surface area (Å²) in [5.74, 6) is 0.600. The van der Waals surface area contributed by atoms with E-state index in [1.165, 1.54) is 13.2 Å². The van der Waals surface area contributed by atoms with E-state index in [1.54, 1.807) is 24.0 Å². The van der Waals surface area contributed by atoms with Gasteiger partial charge < -0.3 is 14.5 Å². The fraction of sp³-hybridized carbons (Fsp3) is 0.588. The molecule has 1 aliphatic heterocycles. The Morgan fingerprint density at radius 3 is 2.48 bits per heavy atom. The SMILES string of the molecule is CCN1CCN(C(=O)CCNS(=O)(=O)c2ccc(OC)cc2C)CC1. The molecule has 1 aliphatic rings. The van der Waals surface area contributed by atoms with E-state index in [0.29, 0.717) is 24.4 Å². The zero-order valence-electron chi connectivity index (χ0n) is 15.1. The summed E-state index contributed by atoms with van der Waals surface area (Å²) >= 11 is 0. The summed E-state index contributed by atoms with van der Waals surface area (Å²) in [6, 6.07) is 4.80. The molecule has 25 heavy (non-hydrogen) atoms. The van der Waals surface area contributed by atoms with Crippen LogP contribution in [0.15, 0.2) is 23.1 Å². The monoisotopic (exact) mass is 369 g/mol. The number of benzene rings is 1. The number of sulfonamides is 1. The first-order valence-corrected chi connectivity index (χ1v) is 10.00. The van der Waals surface area contributed by atoms with Crippen LogP contribution in [0.25, 0.3) is 0 Å². The van der Waals surface area contributed by atoms with Crippen molar-refractivity contribution in [3.8, 4) is 5.75 Å². The number of amides is 1. The van der Waals surface area contributed by atoms with Crippen molar-refractivity contribution in [1.82, 2.24) is 14.5 Å². The van der Waals surface area contributed by atoms with Gasteiger partial charge in [0.1, 0.15) is 5.75 Å². The molecule has 8 heteroatoms. The van der Waals surface area contributed by atoms with Crippen LogP contribution in [0.2, 0.25) is 0 Å². The molecule has 1 fully saturated rings. The molecule has 0 aliphatic carbocycles. The Bertz CT molecular complexity index is 698. The lowest BCUT2D eigenvalue weighted by molar-refractivity contribution is -0.132. The maximum Gasteiger partial charge on any atom is 0.240 e. The van der Waals surface area contributed by atoms with E-state index < -0.39 is 10.0 Å². The highest BCUT2D eigenvalue weighted by Gasteiger charge is 2.21. The normalized spacial score (nSPS) is 16.0. The highest BCUT2D eigenvalue weighted by Crippen LogP contribution is 2.20. The fourth-order valence-corrected chi connectivity index (χ4v) is 4.15. The Labute approximate surface area is 150 Å². The number of hydrogen-bond acceptors (Lipinski definition) is 5. The molecule has 0 aromatic heterocycles. The largest absolute Gasteiger partial charge is 0.497 e. The van der Waals surface area contributed by atoms with Gasteiger partial charge in [-0.25, -0.2) is 13.1 Å². The molecule has 1 heterocycles. The minimum absolute atomic E-state index is 0.00935. The number of likely N-dealkylation sites (N-methyl/N-ethyl adjacent to an activating group) is 1. The molecule has 140 valence electrons. The smallest absolute Gasteiger partial charge is 0.240 e. The van der Waals surface area contributed by atoms with Crippen LogP contribution >= 0.6 is 0 Å². The average Bonchev–Trinajstić information content (AvgIpc) is 2.61. The predicted octanol–water partition coefficient (Wildman–Crippen LogP) is 0.836. The Morgan fingerprint density at radius 2 is 1.92 bits per heavy atom. The number of hydrogen-bond donors (Lipinski definition) is 1. The predicted molar refractivity (Wildman–Crippen MR) is 96.2 cm³/mol. The van der Waals surface area contributed by atoms with Crippen LogP contribution < -0.4 is 9.46 Å². The molecular formula is C17H27N3O4S. The summed E-state index contributed by atoms with van der Waals surface area (Å²) < 4.78 is 32.4. The van der Waals surface area contributed by atoms with Crippen LogP contribution in [-0.2, 0) is 14.8 Å². The van der Waals surface area contributed by atoms with Gasteiger partial charge in [-0.1, -0.05) is 6.92 Å². The van der Waals surface area contributed by atoms with E-state index in [-0.39, 0.29) is 23.8 Å². The molecule has 7 nitrogen and oxygen atoms in total. The second kappa shape index (κ2) is 8.64. The number of methoxy groups -OCH3 is 1. The second-order valence-corrected chi connectivity index (χ2v) is 7.83. The Kier molecular flexibility index (Phi) is 6.80. The van der Waals surface area contributed by atoms with Gasteiger partial charge in [0.2, 0.25) is 15.9 Å². The third kappa shape index (κ3) is 5.17. The van der Waals surface area contributed by atoms with Gasteiger partial charge in [-0.15, -0.1) is 0 Å². The molecule has 1 amide bonds. The molecule has 1 N–H and O–H groups in total. The summed E-state index contributed by atoms with van der Waals surface area (Å²) in [6.07, 6.45) is 0.167. The lowest BCUT2D eigenvalue weighted by atomic mass is 10.2. The number of nitrogens with one attached hydrogen (secondary N) is 1. The Hall–Kier alpha value is -1.64. The van der Waals surface area contributed by atoms with Crippen molar-refractivity contribution in [1.29, 1.82) is 0 Å². The van der Waals surface area contributed by atoms with Gasteiger partial charge in [-0.05, 0) is 37.2 Å². The van der Waals surface area contributed by atoms with Gasteiger partial charge in [-0.2, -0.15) is 0 Å². The van der Waals surface area contributed by atoms with Crippen molar-refractivity contribution >= 4 is 15.9 Å². The van der Waals surface area contributed by atoms with E-state index in [0.717, 1.165) is 19.6 Å². The zero-order chi connectivity index (χ0) is 18.4. The van der Waals surface area contributed by atoms with Crippen molar-refractivity contribution in [2.75, 3.05) is 46.4 Å². The molecule has 0 saturated carbocycles. The molecule has 1 aromatic rings. The lowest BCUT2D eigenvalue weighted by Crippen LogP contribution is -2.49. The first kappa shape index (κ1) is 19.7. The molecule has 1 aromatic carbocycles. The summed E-state index contributed by atoms with van der Waals surface area (Å²) in [4.78, 5) is 16.5. The fourth-order valence-electron chi connectivity index (χ4n) is 2.89. The third-order valence-corrected chi connectivity index (χ3v) is 6.10. The van der Waals surface area contributed by atoms with Crippen LogP contribution in [0.4, 0.5) is 0 Å². The van der Waals surface area contributed by atoms with Crippen molar-refractivity contribution < 1.29 is 17.9 Å². The van der Waals surface area contributed by atoms with Gasteiger partial charge in [-0.3, -0.25) is 4.79 Å². The summed E-state index contributed by atoms with van der Waals surface area (Å²) in [5.41, 5.74) is 0.605. The van der Waals surface area contributed by atoms with Crippen molar-refractivity contribution in [3.05, 3.63) is 23.8 Å². The first-order chi connectivity index (χ1) is 11.9. The second-order valence-electron chi connectivity index (χ2n) is 6.09. The summed E-state index contributed by atoms with van der Waals surface area (Å²) in [7, 11) is -2.10. The molecule has 0 radical (unpaired) electrons. The number of carbonyl (C=O) groups excluding carboxylic acids is 1. The van der Waals surface area contributed by atoms with Crippen LogP contribution in [0.3, 0.4) is 0 Å². The van der Waals surface area contributed by atoms with Gasteiger partial charge in [0.15, 0.2) is 0 Å². The number of nitrogens with zero attached hydrogens (tertiary/aromatic N) is 2. The van der Waals surface area contributed by atoms with Crippen molar-refractivity contribution in [2.45, 2.75) is 25.2 Å². The topological polar surface area (TPSA) is 79.0 Å². The van der Waals surface area contributed by atoms with Crippen LogP contribution in [0.5, 0.6) is 5.75 Å². The van der Waals surface area contributed by atoms with Gasteiger partial charge in [0.05, 0.1) is 12.0 Å². The third-order valence-electron chi connectivity index (χ3n) is 4.47. The highest BCUT2D eigenvalue weighted by molar-refractivity contribution is 7.89. The zero-order valence-corrected chi connectivity index (χ0v) is 15.9. The van der Waals surface area contributed by atoms with E-state index in [1.807, 2.05) is 0 Å². The van der Waals surface area contributed by atoms with Gasteiger partial charge in [0.25, 0.3) is 0 Å². The van der Waals surface area contributed by atoms with E-state index in [2.05, 4.69) is 16.5 Å². The molecule has 0 spiro atoms. The van der Waals surface area contributed by atoms with E-state index >= 15 is 0 Å². The first-order valence-electron chi connectivity index (χ1n) is 8.52. The number of rotatable bonds is 7. The average molecular weight is 369 g/mol. The maximum atomic E-state index is 12.4. The van der Waals surface area contributed by atoms with Gasteiger partial charge >= 0.3 is 0 Å². The molecule has 0 bridgehead atoms. The number of ether oxygens (including phenoxy) is 1. The standard InChI is InChI=1S/C17H27N3O4S/c1-4-19-9-11-20(12-10-19)17(21)7-8-18-25(22,23)16-6-5-15(24-3)13-14(16)2/h5-6,13,18H,4,7-12H2,1-3H3.